The van der Waals surface area contributed by atoms with Crippen molar-refractivity contribution in [2.45, 2.75) is 58.4 Å². The zero-order valence-corrected chi connectivity index (χ0v) is 11.2. The van der Waals surface area contributed by atoms with Gasteiger partial charge in [-0.2, -0.15) is 0 Å². The van der Waals surface area contributed by atoms with Crippen molar-refractivity contribution < 1.29 is 4.79 Å². The Bertz CT molecular complexity index is 261. The van der Waals surface area contributed by atoms with Crippen LogP contribution in [0.1, 0.15) is 52.4 Å². The van der Waals surface area contributed by atoms with Gasteiger partial charge in [0.15, 0.2) is 0 Å². The summed E-state index contributed by atoms with van der Waals surface area (Å²) >= 11 is 0. The van der Waals surface area contributed by atoms with Crippen molar-refractivity contribution in [3.63, 3.8) is 0 Å². The Hall–Kier alpha value is -0.570. The number of carbonyl (C=O) groups is 1. The molecule has 0 saturated heterocycles. The molecule has 98 valence electrons. The third kappa shape index (κ3) is 4.66. The number of nitrogens with one attached hydrogen (secondary N) is 2. The Morgan fingerprint density at radius 3 is 2.41 bits per heavy atom. The van der Waals surface area contributed by atoms with E-state index in [1.165, 1.54) is 25.7 Å². The average molecular weight is 238 g/mol. The molecule has 3 heteroatoms. The van der Waals surface area contributed by atoms with E-state index in [1.807, 2.05) is 0 Å². The van der Waals surface area contributed by atoms with Crippen molar-refractivity contribution in [2.75, 3.05) is 13.1 Å². The molecule has 0 unspecified atom stereocenters. The molecule has 0 aromatic rings. The summed E-state index contributed by atoms with van der Waals surface area (Å²) in [6.45, 7) is 6.16. The number of hydrogen-bond donors (Lipinski definition) is 2. The third-order valence-corrected chi connectivity index (χ3v) is 4.12. The van der Waals surface area contributed by atoms with E-state index >= 15 is 0 Å². The minimum absolute atomic E-state index is 0.176. The van der Waals surface area contributed by atoms with Crippen molar-refractivity contribution >= 4 is 5.91 Å². The van der Waals surface area contributed by atoms with Crippen molar-refractivity contribution in [1.82, 2.24) is 10.6 Å². The Morgan fingerprint density at radius 2 is 1.82 bits per heavy atom. The Morgan fingerprint density at radius 1 is 1.18 bits per heavy atom. The van der Waals surface area contributed by atoms with Crippen LogP contribution in [0.4, 0.5) is 0 Å². The molecule has 0 heterocycles. The maximum Gasteiger partial charge on any atom is 0.234 e. The van der Waals surface area contributed by atoms with Crippen LogP contribution in [-0.2, 0) is 4.79 Å². The highest BCUT2D eigenvalue weighted by molar-refractivity contribution is 5.78. The van der Waals surface area contributed by atoms with Gasteiger partial charge in [0.1, 0.15) is 0 Å². The van der Waals surface area contributed by atoms with Crippen LogP contribution >= 0.6 is 0 Å². The van der Waals surface area contributed by atoms with Crippen molar-refractivity contribution in [1.29, 1.82) is 0 Å². The molecule has 2 aliphatic rings. The maximum atomic E-state index is 11.7. The molecular weight excluding hydrogens is 212 g/mol. The normalized spacial score (nSPS) is 24.6. The molecule has 0 aromatic carbocycles. The van der Waals surface area contributed by atoms with Crippen molar-refractivity contribution in [2.24, 2.45) is 11.3 Å². The fraction of sp³-hybridized carbons (Fsp3) is 0.929. The van der Waals surface area contributed by atoms with Crippen molar-refractivity contribution in [3.8, 4) is 0 Å². The highest BCUT2D eigenvalue weighted by atomic mass is 16.1. The molecule has 1 amide bonds. The average Bonchev–Trinajstić information content (AvgIpc) is 3.05. The van der Waals surface area contributed by atoms with Crippen LogP contribution in [0.5, 0.6) is 0 Å². The summed E-state index contributed by atoms with van der Waals surface area (Å²) in [7, 11) is 0. The zero-order chi connectivity index (χ0) is 12.3. The second-order valence-electron chi connectivity index (χ2n) is 6.58. The van der Waals surface area contributed by atoms with Gasteiger partial charge in [0.05, 0.1) is 6.54 Å². The molecule has 3 nitrogen and oxygen atoms in total. The molecule has 0 bridgehead atoms. The van der Waals surface area contributed by atoms with Crippen LogP contribution in [0.2, 0.25) is 0 Å². The van der Waals surface area contributed by atoms with Gasteiger partial charge in [0, 0.05) is 6.04 Å². The van der Waals surface area contributed by atoms with Gasteiger partial charge in [-0.15, -0.1) is 0 Å². The predicted octanol–water partition coefficient (Wildman–Crippen LogP) is 2.07. The number of hydrogen-bond acceptors (Lipinski definition) is 2. The molecule has 0 atom stereocenters. The van der Waals surface area contributed by atoms with Crippen LogP contribution in [0, 0.1) is 11.3 Å². The highest BCUT2D eigenvalue weighted by Gasteiger charge is 2.27. The molecule has 17 heavy (non-hydrogen) atoms. The van der Waals surface area contributed by atoms with E-state index in [9.17, 15) is 4.79 Å². The van der Waals surface area contributed by atoms with Crippen LogP contribution < -0.4 is 10.6 Å². The summed E-state index contributed by atoms with van der Waals surface area (Å²) in [4.78, 5) is 11.7. The molecule has 0 spiro atoms. The fourth-order valence-corrected chi connectivity index (χ4v) is 2.53. The summed E-state index contributed by atoms with van der Waals surface area (Å²) in [5.41, 5.74) is 0.478. The molecule has 2 fully saturated rings. The molecule has 2 N–H and O–H groups in total. The third-order valence-electron chi connectivity index (χ3n) is 4.12. The van der Waals surface area contributed by atoms with Gasteiger partial charge in [-0.25, -0.2) is 0 Å². The van der Waals surface area contributed by atoms with E-state index in [0.717, 1.165) is 25.3 Å². The standard InChI is InChI=1S/C14H26N2O/c1-14(2)7-5-12(6-8-14)16-13(17)10-15-9-11-3-4-11/h11-12,15H,3-10H2,1-2H3,(H,16,17). The van der Waals surface area contributed by atoms with E-state index in [4.69, 9.17) is 0 Å². The van der Waals surface area contributed by atoms with Crippen molar-refractivity contribution in [3.05, 3.63) is 0 Å². The Kier molecular flexibility index (Phi) is 4.08. The molecule has 0 radical (unpaired) electrons. The number of rotatable bonds is 5. The summed E-state index contributed by atoms with van der Waals surface area (Å²) < 4.78 is 0. The van der Waals surface area contributed by atoms with E-state index < -0.39 is 0 Å². The first kappa shape index (κ1) is 12.9. The van der Waals surface area contributed by atoms with E-state index in [1.54, 1.807) is 0 Å². The first-order valence-electron chi connectivity index (χ1n) is 7.05. The number of carbonyl (C=O) groups excluding carboxylic acids is 1. The van der Waals surface area contributed by atoms with Gasteiger partial charge in [0.25, 0.3) is 0 Å². The largest absolute Gasteiger partial charge is 0.352 e. The monoisotopic (exact) mass is 238 g/mol. The SMILES string of the molecule is CC1(C)CCC(NC(=O)CNCC2CC2)CC1. The van der Waals surface area contributed by atoms with Crippen LogP contribution in [0.15, 0.2) is 0 Å². The van der Waals surface area contributed by atoms with E-state index in [0.29, 0.717) is 18.0 Å². The van der Waals surface area contributed by atoms with Gasteiger partial charge in [-0.05, 0) is 56.4 Å². The first-order valence-corrected chi connectivity index (χ1v) is 7.05. The molecule has 2 rings (SSSR count). The minimum Gasteiger partial charge on any atom is -0.352 e. The molecule has 2 saturated carbocycles. The summed E-state index contributed by atoms with van der Waals surface area (Å²) in [6.07, 6.45) is 7.42. The van der Waals surface area contributed by atoms with Gasteiger partial charge >= 0.3 is 0 Å². The van der Waals surface area contributed by atoms with Gasteiger partial charge in [-0.1, -0.05) is 13.8 Å². The molecular formula is C14H26N2O. The highest BCUT2D eigenvalue weighted by Crippen LogP contribution is 2.34. The van der Waals surface area contributed by atoms with Crippen LogP contribution in [0.3, 0.4) is 0 Å². The van der Waals surface area contributed by atoms with Gasteiger partial charge < -0.3 is 10.6 Å². The summed E-state index contributed by atoms with van der Waals surface area (Å²) in [5.74, 6) is 1.02. The second-order valence-corrected chi connectivity index (χ2v) is 6.58. The molecule has 0 aliphatic heterocycles. The smallest absolute Gasteiger partial charge is 0.234 e. The molecule has 2 aliphatic carbocycles. The quantitative estimate of drug-likeness (QED) is 0.770. The lowest BCUT2D eigenvalue weighted by atomic mass is 9.75. The van der Waals surface area contributed by atoms with E-state index in [-0.39, 0.29) is 5.91 Å². The second kappa shape index (κ2) is 5.38. The first-order chi connectivity index (χ1) is 8.05. The van der Waals surface area contributed by atoms with Crippen LogP contribution in [0.25, 0.3) is 0 Å². The topological polar surface area (TPSA) is 41.1 Å². The van der Waals surface area contributed by atoms with Crippen LogP contribution in [-0.4, -0.2) is 25.0 Å². The predicted molar refractivity (Wildman–Crippen MR) is 69.8 cm³/mol. The minimum atomic E-state index is 0.176. The fourth-order valence-electron chi connectivity index (χ4n) is 2.53. The summed E-state index contributed by atoms with van der Waals surface area (Å²) in [6, 6.07) is 0.415. The lowest BCUT2D eigenvalue weighted by molar-refractivity contribution is -0.121. The zero-order valence-electron chi connectivity index (χ0n) is 11.2. The number of amides is 1. The molecule has 0 aromatic heterocycles. The Balaban J connectivity index is 1.58. The summed E-state index contributed by atoms with van der Waals surface area (Å²) in [5, 5.41) is 6.39. The lowest BCUT2D eigenvalue weighted by Gasteiger charge is -2.34. The van der Waals surface area contributed by atoms with Gasteiger partial charge in [-0.3, -0.25) is 4.79 Å². The Labute approximate surface area is 105 Å². The maximum absolute atomic E-state index is 11.7. The lowest BCUT2D eigenvalue weighted by Crippen LogP contribution is -2.43. The van der Waals surface area contributed by atoms with Gasteiger partial charge in [0.2, 0.25) is 5.91 Å². The van der Waals surface area contributed by atoms with E-state index in [2.05, 4.69) is 24.5 Å².